The molecule has 0 spiro atoms. The summed E-state index contributed by atoms with van der Waals surface area (Å²) in [6, 6.07) is 1.19. The van der Waals surface area contributed by atoms with Crippen LogP contribution in [-0.2, 0) is 4.79 Å². The van der Waals surface area contributed by atoms with Crippen LogP contribution in [0.25, 0.3) is 0 Å². The summed E-state index contributed by atoms with van der Waals surface area (Å²) in [5, 5.41) is 11.2. The van der Waals surface area contributed by atoms with Crippen LogP contribution in [0.1, 0.15) is 30.1 Å². The highest BCUT2D eigenvalue weighted by Crippen LogP contribution is 2.03. The lowest BCUT2D eigenvalue weighted by Gasteiger charge is -2.13. The minimum atomic E-state index is -0.922. The molecule has 0 aromatic carbocycles. The fraction of sp³-hybridized carbons (Fsp3) is 0.400. The van der Waals surface area contributed by atoms with Crippen molar-refractivity contribution in [2.45, 2.75) is 25.8 Å². The molecule has 1 rings (SSSR count). The average Bonchev–Trinajstić information content (AvgIpc) is 2.68. The topological polar surface area (TPSA) is 79.5 Å². The maximum absolute atomic E-state index is 11.5. The fourth-order valence-corrected chi connectivity index (χ4v) is 1.17. The Labute approximate surface area is 87.1 Å². The average molecular weight is 211 g/mol. The van der Waals surface area contributed by atoms with Crippen LogP contribution in [0, 0.1) is 0 Å². The van der Waals surface area contributed by atoms with Crippen LogP contribution in [0.5, 0.6) is 0 Å². The van der Waals surface area contributed by atoms with Crippen LogP contribution in [-0.4, -0.2) is 23.0 Å². The normalized spacial score (nSPS) is 12.1. The summed E-state index contributed by atoms with van der Waals surface area (Å²) < 4.78 is 4.75. The van der Waals surface area contributed by atoms with Crippen LogP contribution in [0.4, 0.5) is 0 Å². The third-order valence-electron chi connectivity index (χ3n) is 2.03. The molecule has 0 aliphatic heterocycles. The molecule has 1 amide bonds. The molecule has 15 heavy (non-hydrogen) atoms. The first-order chi connectivity index (χ1) is 7.13. The molecule has 5 heteroatoms. The van der Waals surface area contributed by atoms with Crippen LogP contribution in [0.15, 0.2) is 23.0 Å². The summed E-state index contributed by atoms with van der Waals surface area (Å²) in [6.45, 7) is 1.82. The van der Waals surface area contributed by atoms with Gasteiger partial charge < -0.3 is 14.8 Å². The van der Waals surface area contributed by atoms with Crippen molar-refractivity contribution >= 4 is 11.9 Å². The first-order valence-corrected chi connectivity index (χ1v) is 4.68. The Morgan fingerprint density at radius 1 is 1.60 bits per heavy atom. The molecule has 5 nitrogen and oxygen atoms in total. The monoisotopic (exact) mass is 211 g/mol. The summed E-state index contributed by atoms with van der Waals surface area (Å²) in [5.74, 6) is -1.23. The van der Waals surface area contributed by atoms with Crippen molar-refractivity contribution < 1.29 is 19.1 Å². The number of amides is 1. The summed E-state index contributed by atoms with van der Waals surface area (Å²) in [7, 11) is 0. The largest absolute Gasteiger partial charge is 0.481 e. The van der Waals surface area contributed by atoms with Gasteiger partial charge in [0.25, 0.3) is 5.91 Å². The van der Waals surface area contributed by atoms with Crippen molar-refractivity contribution in [3.05, 3.63) is 24.2 Å². The van der Waals surface area contributed by atoms with Gasteiger partial charge in [0, 0.05) is 6.04 Å². The number of nitrogens with one attached hydrogen (secondary N) is 1. The Kier molecular flexibility index (Phi) is 3.91. The SMILES string of the molecule is CCC(CC(=O)O)NC(=O)c1ccoc1. The number of carbonyl (C=O) groups excluding carboxylic acids is 1. The number of carboxylic acids is 1. The number of carboxylic acid groups (broad SMARTS) is 1. The van der Waals surface area contributed by atoms with Crippen molar-refractivity contribution in [1.82, 2.24) is 5.32 Å². The Morgan fingerprint density at radius 2 is 2.33 bits per heavy atom. The van der Waals surface area contributed by atoms with E-state index in [9.17, 15) is 9.59 Å². The minimum Gasteiger partial charge on any atom is -0.481 e. The molecule has 0 fully saturated rings. The molecule has 0 radical (unpaired) electrons. The molecular weight excluding hydrogens is 198 g/mol. The fourth-order valence-electron chi connectivity index (χ4n) is 1.17. The first kappa shape index (κ1) is 11.3. The van der Waals surface area contributed by atoms with Crippen LogP contribution in [0.2, 0.25) is 0 Å². The van der Waals surface area contributed by atoms with Gasteiger partial charge in [0.2, 0.25) is 0 Å². The molecule has 1 aromatic rings. The van der Waals surface area contributed by atoms with Crippen LogP contribution >= 0.6 is 0 Å². The maximum Gasteiger partial charge on any atom is 0.305 e. The third-order valence-corrected chi connectivity index (χ3v) is 2.03. The molecule has 1 atom stereocenters. The minimum absolute atomic E-state index is 0.0694. The van der Waals surface area contributed by atoms with Gasteiger partial charge in [-0.3, -0.25) is 9.59 Å². The highest BCUT2D eigenvalue weighted by molar-refractivity contribution is 5.94. The molecular formula is C10H13NO4. The standard InChI is InChI=1S/C10H13NO4/c1-2-8(5-9(12)13)11-10(14)7-3-4-15-6-7/h3-4,6,8H,2,5H2,1H3,(H,11,14)(H,12,13). The number of hydrogen-bond donors (Lipinski definition) is 2. The molecule has 0 saturated carbocycles. The van der Waals surface area contributed by atoms with Gasteiger partial charge in [-0.05, 0) is 12.5 Å². The van der Waals surface area contributed by atoms with Crippen molar-refractivity contribution in [2.24, 2.45) is 0 Å². The van der Waals surface area contributed by atoms with Gasteiger partial charge in [-0.2, -0.15) is 0 Å². The second-order valence-electron chi connectivity index (χ2n) is 3.19. The zero-order valence-corrected chi connectivity index (χ0v) is 8.40. The van der Waals surface area contributed by atoms with Gasteiger partial charge in [0.15, 0.2) is 0 Å². The molecule has 0 saturated heterocycles. The van der Waals surface area contributed by atoms with Crippen LogP contribution in [0.3, 0.4) is 0 Å². The smallest absolute Gasteiger partial charge is 0.305 e. The highest BCUT2D eigenvalue weighted by atomic mass is 16.4. The Bertz CT molecular complexity index is 331. The van der Waals surface area contributed by atoms with Gasteiger partial charge in [-0.15, -0.1) is 0 Å². The summed E-state index contributed by atoms with van der Waals surface area (Å²) in [4.78, 5) is 22.0. The third kappa shape index (κ3) is 3.46. The van der Waals surface area contributed by atoms with Crippen molar-refractivity contribution in [1.29, 1.82) is 0 Å². The number of aliphatic carboxylic acids is 1. The van der Waals surface area contributed by atoms with Gasteiger partial charge >= 0.3 is 5.97 Å². The molecule has 1 unspecified atom stereocenters. The number of carbonyl (C=O) groups is 2. The Hall–Kier alpha value is -1.78. The van der Waals surface area contributed by atoms with Gasteiger partial charge in [0.1, 0.15) is 6.26 Å². The zero-order chi connectivity index (χ0) is 11.3. The van der Waals surface area contributed by atoms with Gasteiger partial charge in [-0.25, -0.2) is 0 Å². The Balaban J connectivity index is 2.52. The maximum atomic E-state index is 11.5. The highest BCUT2D eigenvalue weighted by Gasteiger charge is 2.15. The lowest BCUT2D eigenvalue weighted by molar-refractivity contribution is -0.137. The van der Waals surface area contributed by atoms with E-state index in [2.05, 4.69) is 5.32 Å². The van der Waals surface area contributed by atoms with E-state index in [1.807, 2.05) is 6.92 Å². The second-order valence-corrected chi connectivity index (χ2v) is 3.19. The lowest BCUT2D eigenvalue weighted by atomic mass is 10.1. The molecule has 0 aliphatic carbocycles. The van der Waals surface area contributed by atoms with E-state index in [4.69, 9.17) is 9.52 Å². The van der Waals surface area contributed by atoms with E-state index < -0.39 is 5.97 Å². The van der Waals surface area contributed by atoms with Crippen molar-refractivity contribution in [3.63, 3.8) is 0 Å². The molecule has 1 aromatic heterocycles. The molecule has 82 valence electrons. The number of furan rings is 1. The summed E-state index contributed by atoms with van der Waals surface area (Å²) in [5.41, 5.74) is 0.402. The predicted molar refractivity (Wildman–Crippen MR) is 52.5 cm³/mol. The molecule has 1 heterocycles. The predicted octanol–water partition coefficient (Wildman–Crippen LogP) is 1.26. The van der Waals surface area contributed by atoms with Gasteiger partial charge in [0.05, 0.1) is 18.2 Å². The molecule has 2 N–H and O–H groups in total. The quantitative estimate of drug-likeness (QED) is 0.768. The van der Waals surface area contributed by atoms with E-state index >= 15 is 0 Å². The summed E-state index contributed by atoms with van der Waals surface area (Å²) in [6.07, 6.45) is 3.23. The second kappa shape index (κ2) is 5.19. The van der Waals surface area contributed by atoms with Crippen LogP contribution < -0.4 is 5.32 Å². The summed E-state index contributed by atoms with van der Waals surface area (Å²) >= 11 is 0. The van der Waals surface area contributed by atoms with E-state index in [1.165, 1.54) is 18.6 Å². The van der Waals surface area contributed by atoms with E-state index in [0.717, 1.165) is 0 Å². The number of hydrogen-bond acceptors (Lipinski definition) is 3. The number of rotatable bonds is 5. The first-order valence-electron chi connectivity index (χ1n) is 4.68. The zero-order valence-electron chi connectivity index (χ0n) is 8.40. The molecule has 0 bridgehead atoms. The Morgan fingerprint density at radius 3 is 2.80 bits per heavy atom. The van der Waals surface area contributed by atoms with Crippen molar-refractivity contribution in [3.8, 4) is 0 Å². The van der Waals surface area contributed by atoms with E-state index in [-0.39, 0.29) is 18.4 Å². The van der Waals surface area contributed by atoms with Gasteiger partial charge in [-0.1, -0.05) is 6.92 Å². The molecule has 0 aliphatic rings. The van der Waals surface area contributed by atoms with E-state index in [1.54, 1.807) is 0 Å². The van der Waals surface area contributed by atoms with E-state index in [0.29, 0.717) is 12.0 Å². The van der Waals surface area contributed by atoms with Crippen molar-refractivity contribution in [2.75, 3.05) is 0 Å². The lowest BCUT2D eigenvalue weighted by Crippen LogP contribution is -2.35.